The van der Waals surface area contributed by atoms with E-state index in [1.54, 1.807) is 18.6 Å². The molecule has 7 heteroatoms. The summed E-state index contributed by atoms with van der Waals surface area (Å²) in [5.41, 5.74) is 1.61. The molecule has 0 aromatic carbocycles. The summed E-state index contributed by atoms with van der Waals surface area (Å²) in [7, 11) is 0. The first-order valence-corrected chi connectivity index (χ1v) is 6.79. The van der Waals surface area contributed by atoms with Gasteiger partial charge in [-0.2, -0.15) is 5.10 Å². The molecule has 0 saturated carbocycles. The van der Waals surface area contributed by atoms with Crippen LogP contribution in [0.3, 0.4) is 0 Å². The Kier molecular flexibility index (Phi) is 4.15. The average molecular weight is 294 g/mol. The summed E-state index contributed by atoms with van der Waals surface area (Å²) in [5.74, 6) is 0.900. The molecule has 0 radical (unpaired) electrons. The molecule has 0 saturated heterocycles. The number of aromatic amines is 1. The van der Waals surface area contributed by atoms with E-state index >= 15 is 0 Å². The van der Waals surface area contributed by atoms with Gasteiger partial charge in [0, 0.05) is 24.2 Å². The molecule has 0 aliphatic rings. The Hall–Kier alpha value is -3.09. The number of hydrogen-bond acceptors (Lipinski definition) is 5. The summed E-state index contributed by atoms with van der Waals surface area (Å²) in [6, 6.07) is 9.24. The molecule has 0 aliphatic carbocycles. The van der Waals surface area contributed by atoms with Crippen molar-refractivity contribution in [3.8, 4) is 11.4 Å². The second kappa shape index (κ2) is 6.57. The molecule has 110 valence electrons. The number of nitrogens with one attached hydrogen (secondary N) is 2. The maximum Gasteiger partial charge on any atom is 0.227 e. The van der Waals surface area contributed by atoms with Crippen LogP contribution in [0.1, 0.15) is 11.5 Å². The van der Waals surface area contributed by atoms with E-state index in [1.807, 2.05) is 30.3 Å². The molecule has 0 aliphatic heterocycles. The van der Waals surface area contributed by atoms with Crippen molar-refractivity contribution in [2.45, 2.75) is 13.0 Å². The summed E-state index contributed by atoms with van der Waals surface area (Å²) in [6.45, 7) is 0.392. The van der Waals surface area contributed by atoms with E-state index in [-0.39, 0.29) is 12.3 Å². The molecule has 0 atom stereocenters. The number of pyridine rings is 2. The van der Waals surface area contributed by atoms with Crippen LogP contribution in [0.15, 0.2) is 48.9 Å². The van der Waals surface area contributed by atoms with Gasteiger partial charge in [-0.1, -0.05) is 6.07 Å². The van der Waals surface area contributed by atoms with E-state index in [0.717, 1.165) is 11.3 Å². The zero-order valence-corrected chi connectivity index (χ0v) is 11.7. The SMILES string of the molecule is O=C(Cc1nc(-c2cccnc2)n[nH]1)NCc1ccccn1. The molecule has 1 amide bonds. The molecule has 7 nitrogen and oxygen atoms in total. The van der Waals surface area contributed by atoms with Crippen LogP contribution in [-0.4, -0.2) is 31.1 Å². The summed E-state index contributed by atoms with van der Waals surface area (Å²) in [5, 5.41) is 9.65. The minimum Gasteiger partial charge on any atom is -0.350 e. The van der Waals surface area contributed by atoms with E-state index in [9.17, 15) is 4.79 Å². The fraction of sp³-hybridized carbons (Fsp3) is 0.133. The Morgan fingerprint density at radius 1 is 1.18 bits per heavy atom. The predicted octanol–water partition coefficient (Wildman–Crippen LogP) is 1.12. The van der Waals surface area contributed by atoms with Gasteiger partial charge in [-0.05, 0) is 24.3 Å². The van der Waals surface area contributed by atoms with Gasteiger partial charge in [-0.25, -0.2) is 4.98 Å². The van der Waals surface area contributed by atoms with Crippen molar-refractivity contribution in [3.63, 3.8) is 0 Å². The van der Waals surface area contributed by atoms with Crippen molar-refractivity contribution in [2.24, 2.45) is 0 Å². The van der Waals surface area contributed by atoms with Crippen LogP contribution in [0.25, 0.3) is 11.4 Å². The first-order valence-electron chi connectivity index (χ1n) is 6.79. The van der Waals surface area contributed by atoms with Crippen LogP contribution in [0.4, 0.5) is 0 Å². The fourth-order valence-electron chi connectivity index (χ4n) is 1.90. The molecule has 3 heterocycles. The van der Waals surface area contributed by atoms with E-state index in [0.29, 0.717) is 18.2 Å². The summed E-state index contributed by atoms with van der Waals surface area (Å²) in [6.07, 6.45) is 5.19. The minimum atomic E-state index is -0.139. The number of amides is 1. The van der Waals surface area contributed by atoms with Gasteiger partial charge in [0.2, 0.25) is 5.91 Å². The quantitative estimate of drug-likeness (QED) is 0.735. The van der Waals surface area contributed by atoms with Crippen LogP contribution in [0.2, 0.25) is 0 Å². The highest BCUT2D eigenvalue weighted by molar-refractivity contribution is 5.77. The van der Waals surface area contributed by atoms with Crippen molar-refractivity contribution < 1.29 is 4.79 Å². The van der Waals surface area contributed by atoms with Gasteiger partial charge in [0.05, 0.1) is 18.7 Å². The van der Waals surface area contributed by atoms with Crippen molar-refractivity contribution in [1.82, 2.24) is 30.5 Å². The van der Waals surface area contributed by atoms with E-state index in [2.05, 4.69) is 30.5 Å². The molecule has 0 fully saturated rings. The molecular weight excluding hydrogens is 280 g/mol. The number of carbonyl (C=O) groups excluding carboxylic acids is 1. The predicted molar refractivity (Wildman–Crippen MR) is 79.4 cm³/mol. The van der Waals surface area contributed by atoms with Crippen molar-refractivity contribution in [2.75, 3.05) is 0 Å². The lowest BCUT2D eigenvalue weighted by Gasteiger charge is -2.02. The molecule has 0 spiro atoms. The van der Waals surface area contributed by atoms with Gasteiger partial charge in [-0.15, -0.1) is 0 Å². The number of carbonyl (C=O) groups is 1. The monoisotopic (exact) mass is 294 g/mol. The number of aromatic nitrogens is 5. The number of rotatable bonds is 5. The normalized spacial score (nSPS) is 10.4. The third-order valence-electron chi connectivity index (χ3n) is 2.97. The van der Waals surface area contributed by atoms with Crippen LogP contribution in [0, 0.1) is 0 Å². The standard InChI is InChI=1S/C15H14N6O/c22-14(18-10-12-5-1-2-7-17-12)8-13-19-15(21-20-13)11-4-3-6-16-9-11/h1-7,9H,8,10H2,(H,18,22)(H,19,20,21). The molecule has 22 heavy (non-hydrogen) atoms. The lowest BCUT2D eigenvalue weighted by molar-refractivity contribution is -0.120. The highest BCUT2D eigenvalue weighted by atomic mass is 16.1. The van der Waals surface area contributed by atoms with E-state index in [1.165, 1.54) is 0 Å². The molecule has 0 bridgehead atoms. The van der Waals surface area contributed by atoms with Crippen LogP contribution in [-0.2, 0) is 17.8 Å². The first-order chi connectivity index (χ1) is 10.8. The van der Waals surface area contributed by atoms with Gasteiger partial charge in [-0.3, -0.25) is 19.9 Å². The topological polar surface area (TPSA) is 96.5 Å². The third-order valence-corrected chi connectivity index (χ3v) is 2.97. The average Bonchev–Trinajstić information content (AvgIpc) is 3.03. The zero-order chi connectivity index (χ0) is 15.2. The second-order valence-electron chi connectivity index (χ2n) is 4.62. The number of H-pyrrole nitrogens is 1. The molecule has 3 rings (SSSR count). The Morgan fingerprint density at radius 3 is 2.91 bits per heavy atom. The van der Waals surface area contributed by atoms with Crippen molar-refractivity contribution >= 4 is 5.91 Å². The Morgan fingerprint density at radius 2 is 2.14 bits per heavy atom. The highest BCUT2D eigenvalue weighted by Gasteiger charge is 2.10. The lowest BCUT2D eigenvalue weighted by atomic mass is 10.3. The summed E-state index contributed by atoms with van der Waals surface area (Å²) >= 11 is 0. The van der Waals surface area contributed by atoms with E-state index < -0.39 is 0 Å². The molecular formula is C15H14N6O. The first kappa shape index (κ1) is 13.9. The highest BCUT2D eigenvalue weighted by Crippen LogP contribution is 2.12. The Balaban J connectivity index is 1.57. The Labute approximate surface area is 126 Å². The smallest absolute Gasteiger partial charge is 0.227 e. The maximum absolute atomic E-state index is 11.9. The summed E-state index contributed by atoms with van der Waals surface area (Å²) in [4.78, 5) is 24.3. The fourth-order valence-corrected chi connectivity index (χ4v) is 1.90. The molecule has 0 unspecified atom stereocenters. The second-order valence-corrected chi connectivity index (χ2v) is 4.62. The largest absolute Gasteiger partial charge is 0.350 e. The van der Waals surface area contributed by atoms with Gasteiger partial charge in [0.25, 0.3) is 0 Å². The van der Waals surface area contributed by atoms with Gasteiger partial charge in [0.15, 0.2) is 5.82 Å². The Bertz CT molecular complexity index is 741. The van der Waals surface area contributed by atoms with E-state index in [4.69, 9.17) is 0 Å². The molecule has 3 aromatic rings. The van der Waals surface area contributed by atoms with Gasteiger partial charge in [0.1, 0.15) is 5.82 Å². The van der Waals surface area contributed by atoms with Crippen molar-refractivity contribution in [3.05, 3.63) is 60.4 Å². The zero-order valence-electron chi connectivity index (χ0n) is 11.7. The maximum atomic E-state index is 11.9. The molecule has 3 aromatic heterocycles. The summed E-state index contributed by atoms with van der Waals surface area (Å²) < 4.78 is 0. The van der Waals surface area contributed by atoms with Crippen LogP contribution < -0.4 is 5.32 Å². The van der Waals surface area contributed by atoms with Crippen molar-refractivity contribution in [1.29, 1.82) is 0 Å². The van der Waals surface area contributed by atoms with Crippen LogP contribution in [0.5, 0.6) is 0 Å². The third kappa shape index (κ3) is 3.51. The lowest BCUT2D eigenvalue weighted by Crippen LogP contribution is -2.25. The minimum absolute atomic E-state index is 0.139. The van der Waals surface area contributed by atoms with Crippen LogP contribution >= 0.6 is 0 Å². The number of hydrogen-bond donors (Lipinski definition) is 2. The van der Waals surface area contributed by atoms with Gasteiger partial charge < -0.3 is 5.32 Å². The molecule has 2 N–H and O–H groups in total. The van der Waals surface area contributed by atoms with Gasteiger partial charge >= 0.3 is 0 Å². The number of nitrogens with zero attached hydrogens (tertiary/aromatic N) is 4.